The van der Waals surface area contributed by atoms with Gasteiger partial charge in [-0.05, 0) is 36.4 Å². The van der Waals surface area contributed by atoms with Gasteiger partial charge in [0.25, 0.3) is 5.91 Å². The van der Waals surface area contributed by atoms with E-state index >= 15 is 0 Å². The van der Waals surface area contributed by atoms with E-state index in [9.17, 15) is 9.59 Å². The number of nitriles is 1. The minimum atomic E-state index is -0.307. The Labute approximate surface area is 151 Å². The predicted octanol–water partition coefficient (Wildman–Crippen LogP) is 1.87. The van der Waals surface area contributed by atoms with Crippen molar-refractivity contribution in [2.45, 2.75) is 6.92 Å². The number of hydrogen-bond acceptors (Lipinski definition) is 5. The third-order valence-electron chi connectivity index (χ3n) is 4.34. The first-order valence-electron chi connectivity index (χ1n) is 8.35. The van der Waals surface area contributed by atoms with Crippen LogP contribution in [0.1, 0.15) is 23.0 Å². The molecule has 1 aliphatic heterocycles. The monoisotopic (exact) mass is 349 g/mol. The number of aromatic nitrogens is 1. The zero-order valence-corrected chi connectivity index (χ0v) is 14.5. The molecule has 0 spiro atoms. The molecule has 0 atom stereocenters. The number of pyridine rings is 1. The summed E-state index contributed by atoms with van der Waals surface area (Å²) in [5.41, 5.74) is 2.37. The van der Waals surface area contributed by atoms with Gasteiger partial charge in [0, 0.05) is 50.7 Å². The molecule has 0 radical (unpaired) electrons. The van der Waals surface area contributed by atoms with Gasteiger partial charge in [-0.3, -0.25) is 14.6 Å². The average molecular weight is 349 g/mol. The highest BCUT2D eigenvalue weighted by Gasteiger charge is 2.19. The molecule has 1 N–H and O–H groups in total. The summed E-state index contributed by atoms with van der Waals surface area (Å²) in [5, 5.41) is 11.6. The molecule has 0 saturated carbocycles. The molecule has 2 heterocycles. The molecule has 1 fully saturated rings. The molecule has 7 nitrogen and oxygen atoms in total. The van der Waals surface area contributed by atoms with Crippen LogP contribution in [0.15, 0.2) is 42.6 Å². The normalized spacial score (nSPS) is 13.8. The molecule has 2 amide bonds. The van der Waals surface area contributed by atoms with Crippen LogP contribution in [0.2, 0.25) is 0 Å². The number of hydrogen-bond donors (Lipinski definition) is 1. The second kappa shape index (κ2) is 7.66. The SMILES string of the molecule is CC(=O)N1CCN(c2ccnc(C(=O)Nc3ccc(C#N)cc3)c2)CC1. The van der Waals surface area contributed by atoms with E-state index in [4.69, 9.17) is 5.26 Å². The highest BCUT2D eigenvalue weighted by molar-refractivity contribution is 6.03. The van der Waals surface area contributed by atoms with Crippen LogP contribution in [0.5, 0.6) is 0 Å². The largest absolute Gasteiger partial charge is 0.368 e. The van der Waals surface area contributed by atoms with Crippen molar-refractivity contribution in [2.75, 3.05) is 36.4 Å². The van der Waals surface area contributed by atoms with E-state index in [2.05, 4.69) is 15.2 Å². The zero-order chi connectivity index (χ0) is 18.5. The highest BCUT2D eigenvalue weighted by atomic mass is 16.2. The van der Waals surface area contributed by atoms with Crippen molar-refractivity contribution in [1.82, 2.24) is 9.88 Å². The van der Waals surface area contributed by atoms with Crippen LogP contribution in [0.3, 0.4) is 0 Å². The van der Waals surface area contributed by atoms with Gasteiger partial charge in [0.05, 0.1) is 11.6 Å². The molecular formula is C19H19N5O2. The summed E-state index contributed by atoms with van der Waals surface area (Å²) in [4.78, 5) is 32.0. The number of anilines is 2. The number of nitrogens with zero attached hydrogens (tertiary/aromatic N) is 4. The van der Waals surface area contributed by atoms with Crippen molar-refractivity contribution in [1.29, 1.82) is 5.26 Å². The minimum absolute atomic E-state index is 0.0851. The maximum Gasteiger partial charge on any atom is 0.274 e. The molecule has 1 aromatic carbocycles. The van der Waals surface area contributed by atoms with Crippen LogP contribution >= 0.6 is 0 Å². The Morgan fingerprint density at radius 2 is 1.81 bits per heavy atom. The number of carbonyl (C=O) groups excluding carboxylic acids is 2. The maximum absolute atomic E-state index is 12.4. The Morgan fingerprint density at radius 1 is 1.12 bits per heavy atom. The lowest BCUT2D eigenvalue weighted by Gasteiger charge is -2.35. The molecule has 3 rings (SSSR count). The van der Waals surface area contributed by atoms with Gasteiger partial charge in [0.2, 0.25) is 5.91 Å². The van der Waals surface area contributed by atoms with Gasteiger partial charge < -0.3 is 15.1 Å². The molecule has 1 aromatic heterocycles. The quantitative estimate of drug-likeness (QED) is 0.914. The average Bonchev–Trinajstić information content (AvgIpc) is 2.68. The summed E-state index contributed by atoms with van der Waals surface area (Å²) in [6.07, 6.45) is 1.61. The Morgan fingerprint density at radius 3 is 2.42 bits per heavy atom. The topological polar surface area (TPSA) is 89.3 Å². The van der Waals surface area contributed by atoms with Gasteiger partial charge in [-0.2, -0.15) is 5.26 Å². The van der Waals surface area contributed by atoms with Gasteiger partial charge in [-0.25, -0.2) is 0 Å². The molecule has 132 valence electrons. The van der Waals surface area contributed by atoms with Gasteiger partial charge in [0.1, 0.15) is 5.69 Å². The molecule has 2 aromatic rings. The van der Waals surface area contributed by atoms with Crippen molar-refractivity contribution in [3.8, 4) is 6.07 Å². The lowest BCUT2D eigenvalue weighted by atomic mass is 10.2. The van der Waals surface area contributed by atoms with Crippen molar-refractivity contribution in [2.24, 2.45) is 0 Å². The summed E-state index contributed by atoms with van der Waals surface area (Å²) in [7, 11) is 0. The Bertz CT molecular complexity index is 849. The fourth-order valence-corrected chi connectivity index (χ4v) is 2.84. The van der Waals surface area contributed by atoms with E-state index in [1.165, 1.54) is 0 Å². The number of benzene rings is 1. The summed E-state index contributed by atoms with van der Waals surface area (Å²) < 4.78 is 0. The van der Waals surface area contributed by atoms with Gasteiger partial charge in [-0.15, -0.1) is 0 Å². The molecule has 0 bridgehead atoms. The summed E-state index contributed by atoms with van der Waals surface area (Å²) >= 11 is 0. The number of amides is 2. The fraction of sp³-hybridized carbons (Fsp3) is 0.263. The van der Waals surface area contributed by atoms with E-state index in [1.54, 1.807) is 43.5 Å². The van der Waals surface area contributed by atoms with Crippen LogP contribution in [0.25, 0.3) is 0 Å². The molecular weight excluding hydrogens is 330 g/mol. The molecule has 1 saturated heterocycles. The van der Waals surface area contributed by atoms with E-state index in [1.807, 2.05) is 17.0 Å². The summed E-state index contributed by atoms with van der Waals surface area (Å²) in [6, 6.07) is 12.3. The number of piperazine rings is 1. The lowest BCUT2D eigenvalue weighted by Crippen LogP contribution is -2.48. The first kappa shape index (κ1) is 17.4. The first-order chi connectivity index (χ1) is 12.6. The second-order valence-corrected chi connectivity index (χ2v) is 6.04. The number of nitrogens with one attached hydrogen (secondary N) is 1. The van der Waals surface area contributed by atoms with Crippen LogP contribution in [-0.4, -0.2) is 47.9 Å². The lowest BCUT2D eigenvalue weighted by molar-refractivity contribution is -0.129. The smallest absolute Gasteiger partial charge is 0.274 e. The first-order valence-corrected chi connectivity index (χ1v) is 8.35. The number of carbonyl (C=O) groups is 2. The molecule has 0 unspecified atom stereocenters. The van der Waals surface area contributed by atoms with Crippen molar-refractivity contribution in [3.05, 3.63) is 53.9 Å². The Balaban J connectivity index is 1.67. The maximum atomic E-state index is 12.4. The van der Waals surface area contributed by atoms with E-state index in [0.29, 0.717) is 30.0 Å². The van der Waals surface area contributed by atoms with Crippen LogP contribution in [0.4, 0.5) is 11.4 Å². The molecule has 1 aliphatic rings. The van der Waals surface area contributed by atoms with Crippen LogP contribution < -0.4 is 10.2 Å². The van der Waals surface area contributed by atoms with Crippen molar-refractivity contribution < 1.29 is 9.59 Å². The van der Waals surface area contributed by atoms with E-state index in [0.717, 1.165) is 18.8 Å². The Hall–Kier alpha value is -3.40. The van der Waals surface area contributed by atoms with Crippen LogP contribution in [-0.2, 0) is 4.79 Å². The summed E-state index contributed by atoms with van der Waals surface area (Å²) in [5.74, 6) is -0.221. The third-order valence-corrected chi connectivity index (χ3v) is 4.34. The molecule has 7 heteroatoms. The van der Waals surface area contributed by atoms with Crippen LogP contribution in [0, 0.1) is 11.3 Å². The predicted molar refractivity (Wildman–Crippen MR) is 97.8 cm³/mol. The minimum Gasteiger partial charge on any atom is -0.368 e. The third kappa shape index (κ3) is 3.98. The van der Waals surface area contributed by atoms with Crippen molar-refractivity contribution >= 4 is 23.2 Å². The molecule has 0 aliphatic carbocycles. The van der Waals surface area contributed by atoms with E-state index < -0.39 is 0 Å². The summed E-state index contributed by atoms with van der Waals surface area (Å²) in [6.45, 7) is 4.36. The Kier molecular flexibility index (Phi) is 5.13. The van der Waals surface area contributed by atoms with E-state index in [-0.39, 0.29) is 11.8 Å². The fourth-order valence-electron chi connectivity index (χ4n) is 2.84. The van der Waals surface area contributed by atoms with Gasteiger partial charge in [-0.1, -0.05) is 0 Å². The van der Waals surface area contributed by atoms with Gasteiger partial charge in [0.15, 0.2) is 0 Å². The zero-order valence-electron chi connectivity index (χ0n) is 14.5. The van der Waals surface area contributed by atoms with Gasteiger partial charge >= 0.3 is 0 Å². The second-order valence-electron chi connectivity index (χ2n) is 6.04. The number of rotatable bonds is 3. The van der Waals surface area contributed by atoms with Crippen molar-refractivity contribution in [3.63, 3.8) is 0 Å². The highest BCUT2D eigenvalue weighted by Crippen LogP contribution is 2.18. The standard InChI is InChI=1S/C19H19N5O2/c1-14(25)23-8-10-24(11-9-23)17-6-7-21-18(12-17)19(26)22-16-4-2-15(13-20)3-5-16/h2-7,12H,8-11H2,1H3,(H,22,26). The molecule has 26 heavy (non-hydrogen) atoms.